The van der Waals surface area contributed by atoms with Crippen molar-refractivity contribution in [1.29, 1.82) is 0 Å². The smallest absolute Gasteiger partial charge is 0.261 e. The SMILES string of the molecule is CCOc1ccccc1C(=O)Nc1ccc(C)c(NS(=O)(=O)c2ccccc2)c1. The Kier molecular flexibility index (Phi) is 6.19. The number of aryl methyl sites for hydroxylation is 1. The summed E-state index contributed by atoms with van der Waals surface area (Å²) in [6, 6.07) is 20.1. The molecule has 0 spiro atoms. The Balaban J connectivity index is 1.84. The second-order valence-corrected chi connectivity index (χ2v) is 8.01. The van der Waals surface area contributed by atoms with Crippen molar-refractivity contribution < 1.29 is 17.9 Å². The number of para-hydroxylation sites is 1. The minimum absolute atomic E-state index is 0.166. The van der Waals surface area contributed by atoms with E-state index in [4.69, 9.17) is 4.74 Å². The highest BCUT2D eigenvalue weighted by Gasteiger charge is 2.16. The van der Waals surface area contributed by atoms with Gasteiger partial charge in [-0.2, -0.15) is 0 Å². The minimum Gasteiger partial charge on any atom is -0.493 e. The molecule has 0 saturated heterocycles. The van der Waals surface area contributed by atoms with Crippen molar-refractivity contribution in [1.82, 2.24) is 0 Å². The number of rotatable bonds is 7. The summed E-state index contributed by atoms with van der Waals surface area (Å²) in [5.74, 6) is 0.152. The maximum atomic E-state index is 12.7. The topological polar surface area (TPSA) is 84.5 Å². The Labute approximate surface area is 170 Å². The van der Waals surface area contributed by atoms with Crippen molar-refractivity contribution in [3.05, 3.63) is 83.9 Å². The van der Waals surface area contributed by atoms with Crippen LogP contribution in [0.3, 0.4) is 0 Å². The lowest BCUT2D eigenvalue weighted by atomic mass is 10.1. The van der Waals surface area contributed by atoms with Gasteiger partial charge in [-0.15, -0.1) is 0 Å². The van der Waals surface area contributed by atoms with Gasteiger partial charge >= 0.3 is 0 Å². The van der Waals surface area contributed by atoms with Crippen molar-refractivity contribution in [2.45, 2.75) is 18.7 Å². The quantitative estimate of drug-likeness (QED) is 0.603. The van der Waals surface area contributed by atoms with Crippen LogP contribution in [0.2, 0.25) is 0 Å². The van der Waals surface area contributed by atoms with Crippen LogP contribution in [-0.4, -0.2) is 20.9 Å². The molecule has 1 amide bonds. The molecule has 0 aliphatic carbocycles. The van der Waals surface area contributed by atoms with Crippen molar-refractivity contribution in [2.75, 3.05) is 16.6 Å². The summed E-state index contributed by atoms with van der Waals surface area (Å²) in [7, 11) is -3.73. The number of sulfonamides is 1. The van der Waals surface area contributed by atoms with Gasteiger partial charge in [0.15, 0.2) is 0 Å². The van der Waals surface area contributed by atoms with E-state index in [1.165, 1.54) is 12.1 Å². The predicted molar refractivity (Wildman–Crippen MR) is 114 cm³/mol. The number of anilines is 2. The standard InChI is InChI=1S/C22H22N2O4S/c1-3-28-21-12-8-7-11-19(21)22(25)23-17-14-13-16(2)20(15-17)24-29(26,27)18-9-5-4-6-10-18/h4-15,24H,3H2,1-2H3,(H,23,25). The van der Waals surface area contributed by atoms with Gasteiger partial charge in [-0.1, -0.05) is 36.4 Å². The van der Waals surface area contributed by atoms with Gasteiger partial charge < -0.3 is 10.1 Å². The van der Waals surface area contributed by atoms with E-state index in [9.17, 15) is 13.2 Å². The second kappa shape index (κ2) is 8.79. The Morgan fingerprint density at radius 2 is 1.66 bits per heavy atom. The molecule has 6 nitrogen and oxygen atoms in total. The molecule has 0 heterocycles. The van der Waals surface area contributed by atoms with Gasteiger partial charge in [0.1, 0.15) is 5.75 Å². The normalized spacial score (nSPS) is 11.0. The monoisotopic (exact) mass is 410 g/mol. The van der Waals surface area contributed by atoms with E-state index >= 15 is 0 Å². The molecule has 0 aliphatic rings. The first-order valence-electron chi connectivity index (χ1n) is 9.12. The van der Waals surface area contributed by atoms with Gasteiger partial charge in [-0.05, 0) is 55.8 Å². The molecule has 2 N–H and O–H groups in total. The average molecular weight is 410 g/mol. The summed E-state index contributed by atoms with van der Waals surface area (Å²) >= 11 is 0. The molecule has 0 saturated carbocycles. The van der Waals surface area contributed by atoms with Crippen molar-refractivity contribution in [3.8, 4) is 5.75 Å². The highest BCUT2D eigenvalue weighted by Crippen LogP contribution is 2.25. The van der Waals surface area contributed by atoms with Crippen molar-refractivity contribution in [2.24, 2.45) is 0 Å². The fraction of sp³-hybridized carbons (Fsp3) is 0.136. The first kappa shape index (κ1) is 20.4. The van der Waals surface area contributed by atoms with Crippen LogP contribution in [0.5, 0.6) is 5.75 Å². The molecule has 29 heavy (non-hydrogen) atoms. The van der Waals surface area contributed by atoms with Gasteiger partial charge in [0.05, 0.1) is 22.8 Å². The molecule has 0 aliphatic heterocycles. The number of benzene rings is 3. The predicted octanol–water partition coefficient (Wildman–Crippen LogP) is 4.45. The Morgan fingerprint density at radius 1 is 0.966 bits per heavy atom. The third kappa shape index (κ3) is 4.94. The summed E-state index contributed by atoms with van der Waals surface area (Å²) < 4.78 is 33.3. The maximum Gasteiger partial charge on any atom is 0.261 e. The molecule has 3 aromatic rings. The number of carbonyl (C=O) groups excluding carboxylic acids is 1. The number of nitrogens with one attached hydrogen (secondary N) is 2. The van der Waals surface area contributed by atoms with E-state index in [0.717, 1.165) is 5.56 Å². The Morgan fingerprint density at radius 3 is 2.38 bits per heavy atom. The molecule has 0 atom stereocenters. The van der Waals surface area contributed by atoms with Gasteiger partial charge in [-0.3, -0.25) is 9.52 Å². The van der Waals surface area contributed by atoms with Crippen LogP contribution < -0.4 is 14.8 Å². The summed E-state index contributed by atoms with van der Waals surface area (Å²) in [4.78, 5) is 12.8. The molecule has 0 radical (unpaired) electrons. The molecule has 0 bridgehead atoms. The van der Waals surface area contributed by atoms with Crippen LogP contribution in [0.25, 0.3) is 0 Å². The van der Waals surface area contributed by atoms with Crippen LogP contribution >= 0.6 is 0 Å². The lowest BCUT2D eigenvalue weighted by Gasteiger charge is -2.14. The summed E-state index contributed by atoms with van der Waals surface area (Å²) in [6.45, 7) is 4.08. The summed E-state index contributed by atoms with van der Waals surface area (Å²) in [5.41, 5.74) is 2.00. The van der Waals surface area contributed by atoms with E-state index < -0.39 is 10.0 Å². The molecule has 150 valence electrons. The van der Waals surface area contributed by atoms with Gasteiger partial charge in [0, 0.05) is 5.69 Å². The number of hydrogen-bond acceptors (Lipinski definition) is 4. The van der Waals surface area contributed by atoms with E-state index in [0.29, 0.717) is 29.3 Å². The lowest BCUT2D eigenvalue weighted by molar-refractivity contribution is 0.102. The minimum atomic E-state index is -3.73. The largest absolute Gasteiger partial charge is 0.493 e. The van der Waals surface area contributed by atoms with Crippen LogP contribution in [-0.2, 0) is 10.0 Å². The zero-order valence-corrected chi connectivity index (χ0v) is 17.0. The van der Waals surface area contributed by atoms with E-state index in [1.54, 1.807) is 67.6 Å². The Bertz CT molecular complexity index is 1110. The Hall–Kier alpha value is -3.32. The van der Waals surface area contributed by atoms with Crippen molar-refractivity contribution in [3.63, 3.8) is 0 Å². The second-order valence-electron chi connectivity index (χ2n) is 6.33. The third-order valence-electron chi connectivity index (χ3n) is 4.22. The van der Waals surface area contributed by atoms with Crippen LogP contribution in [0.1, 0.15) is 22.8 Å². The summed E-state index contributed by atoms with van der Waals surface area (Å²) in [6.07, 6.45) is 0. The molecule has 0 unspecified atom stereocenters. The number of amides is 1. The number of carbonyl (C=O) groups is 1. The fourth-order valence-corrected chi connectivity index (χ4v) is 3.89. The maximum absolute atomic E-state index is 12.7. The number of ether oxygens (including phenoxy) is 1. The molecule has 3 rings (SSSR count). The third-order valence-corrected chi connectivity index (χ3v) is 5.61. The van der Waals surface area contributed by atoms with E-state index in [2.05, 4.69) is 10.0 Å². The van der Waals surface area contributed by atoms with Gasteiger partial charge in [0.25, 0.3) is 15.9 Å². The highest BCUT2D eigenvalue weighted by molar-refractivity contribution is 7.92. The fourth-order valence-electron chi connectivity index (χ4n) is 2.75. The molecular formula is C22H22N2O4S. The molecule has 3 aromatic carbocycles. The number of hydrogen-bond donors (Lipinski definition) is 2. The first-order valence-corrected chi connectivity index (χ1v) is 10.6. The zero-order chi connectivity index (χ0) is 20.9. The van der Waals surface area contributed by atoms with E-state index in [-0.39, 0.29) is 10.8 Å². The van der Waals surface area contributed by atoms with Crippen LogP contribution in [0, 0.1) is 6.92 Å². The first-order chi connectivity index (χ1) is 13.9. The summed E-state index contributed by atoms with van der Waals surface area (Å²) in [5, 5.41) is 2.80. The molecular weight excluding hydrogens is 388 g/mol. The highest BCUT2D eigenvalue weighted by atomic mass is 32.2. The zero-order valence-electron chi connectivity index (χ0n) is 16.2. The van der Waals surface area contributed by atoms with Gasteiger partial charge in [-0.25, -0.2) is 8.42 Å². The van der Waals surface area contributed by atoms with Crippen LogP contribution in [0.4, 0.5) is 11.4 Å². The molecule has 7 heteroatoms. The van der Waals surface area contributed by atoms with Crippen LogP contribution in [0.15, 0.2) is 77.7 Å². The van der Waals surface area contributed by atoms with E-state index in [1.807, 2.05) is 6.92 Å². The van der Waals surface area contributed by atoms with Crippen molar-refractivity contribution >= 4 is 27.3 Å². The van der Waals surface area contributed by atoms with Gasteiger partial charge in [0.2, 0.25) is 0 Å². The lowest BCUT2D eigenvalue weighted by Crippen LogP contribution is -2.16. The average Bonchev–Trinajstić information content (AvgIpc) is 2.71. The molecule has 0 aromatic heterocycles. The molecule has 0 fully saturated rings.